The first kappa shape index (κ1) is 14.8. The summed E-state index contributed by atoms with van der Waals surface area (Å²) in [6.45, 7) is 2.50. The van der Waals surface area contributed by atoms with Crippen LogP contribution in [0.1, 0.15) is 12.0 Å². The standard InChI is InChI=1S/C13H19ClN2O2S/c1-16-7-6-11(9-16)8-15-19(17,18)10-12-4-2-3-5-13(12)14/h2-5,11,15H,6-10H2,1H3. The average molecular weight is 303 g/mol. The lowest BCUT2D eigenvalue weighted by molar-refractivity contribution is 0.394. The van der Waals surface area contributed by atoms with Gasteiger partial charge in [0, 0.05) is 18.1 Å². The summed E-state index contributed by atoms with van der Waals surface area (Å²) in [5.74, 6) is 0.348. The molecule has 1 saturated heterocycles. The molecule has 0 amide bonds. The molecule has 0 spiro atoms. The lowest BCUT2D eigenvalue weighted by Crippen LogP contribution is -2.31. The van der Waals surface area contributed by atoms with Crippen LogP contribution in [-0.2, 0) is 15.8 Å². The molecule has 2 rings (SSSR count). The van der Waals surface area contributed by atoms with Crippen molar-refractivity contribution >= 4 is 21.6 Å². The maximum atomic E-state index is 12.0. The summed E-state index contributed by atoms with van der Waals surface area (Å²) in [4.78, 5) is 2.22. The Hall–Kier alpha value is -0.620. The smallest absolute Gasteiger partial charge is 0.215 e. The van der Waals surface area contributed by atoms with E-state index < -0.39 is 10.0 Å². The predicted molar refractivity (Wildman–Crippen MR) is 77.7 cm³/mol. The fourth-order valence-corrected chi connectivity index (χ4v) is 3.84. The van der Waals surface area contributed by atoms with Gasteiger partial charge in [-0.25, -0.2) is 13.1 Å². The van der Waals surface area contributed by atoms with E-state index in [2.05, 4.69) is 16.7 Å². The molecule has 1 unspecified atom stereocenters. The number of hydrogen-bond donors (Lipinski definition) is 1. The largest absolute Gasteiger partial charge is 0.306 e. The van der Waals surface area contributed by atoms with Crippen molar-refractivity contribution in [3.8, 4) is 0 Å². The van der Waals surface area contributed by atoms with Gasteiger partial charge >= 0.3 is 0 Å². The van der Waals surface area contributed by atoms with Crippen molar-refractivity contribution in [2.45, 2.75) is 12.2 Å². The van der Waals surface area contributed by atoms with Crippen LogP contribution in [-0.4, -0.2) is 40.0 Å². The quantitative estimate of drug-likeness (QED) is 0.901. The highest BCUT2D eigenvalue weighted by atomic mass is 35.5. The van der Waals surface area contributed by atoms with Crippen LogP contribution in [0.25, 0.3) is 0 Å². The molecule has 1 atom stereocenters. The summed E-state index contributed by atoms with van der Waals surface area (Å²) in [5, 5.41) is 0.494. The molecule has 0 saturated carbocycles. The number of nitrogens with zero attached hydrogens (tertiary/aromatic N) is 1. The topological polar surface area (TPSA) is 49.4 Å². The molecule has 1 aliphatic heterocycles. The molecule has 106 valence electrons. The number of nitrogens with one attached hydrogen (secondary N) is 1. The Morgan fingerprint density at radius 1 is 1.42 bits per heavy atom. The lowest BCUT2D eigenvalue weighted by atomic mass is 10.1. The minimum atomic E-state index is -3.32. The molecule has 1 aromatic carbocycles. The van der Waals surface area contributed by atoms with E-state index >= 15 is 0 Å². The number of likely N-dealkylation sites (tertiary alicyclic amines) is 1. The van der Waals surface area contributed by atoms with Gasteiger partial charge in [-0.05, 0) is 37.6 Å². The molecular weight excluding hydrogens is 284 g/mol. The van der Waals surface area contributed by atoms with Crippen LogP contribution in [0.2, 0.25) is 5.02 Å². The van der Waals surface area contributed by atoms with Crippen LogP contribution in [0.15, 0.2) is 24.3 Å². The van der Waals surface area contributed by atoms with Crippen LogP contribution in [0, 0.1) is 5.92 Å². The van der Waals surface area contributed by atoms with Crippen molar-refractivity contribution in [1.82, 2.24) is 9.62 Å². The highest BCUT2D eigenvalue weighted by Gasteiger charge is 2.21. The molecule has 1 heterocycles. The Balaban J connectivity index is 1.90. The van der Waals surface area contributed by atoms with Gasteiger partial charge in [-0.2, -0.15) is 0 Å². The molecule has 0 aromatic heterocycles. The van der Waals surface area contributed by atoms with Crippen LogP contribution < -0.4 is 4.72 Å². The predicted octanol–water partition coefficient (Wildman–Crippen LogP) is 1.71. The Morgan fingerprint density at radius 3 is 2.79 bits per heavy atom. The Morgan fingerprint density at radius 2 is 2.16 bits per heavy atom. The Labute approximate surface area is 119 Å². The van der Waals surface area contributed by atoms with Gasteiger partial charge in [-0.15, -0.1) is 0 Å². The monoisotopic (exact) mass is 302 g/mol. The van der Waals surface area contributed by atoms with Crippen molar-refractivity contribution in [3.63, 3.8) is 0 Å². The maximum Gasteiger partial charge on any atom is 0.215 e. The summed E-state index contributed by atoms with van der Waals surface area (Å²) in [6, 6.07) is 7.03. The Bertz CT molecular complexity index is 533. The second kappa shape index (κ2) is 6.22. The number of rotatable bonds is 5. The molecule has 1 fully saturated rings. The molecule has 19 heavy (non-hydrogen) atoms. The number of benzene rings is 1. The van der Waals surface area contributed by atoms with E-state index in [1.807, 2.05) is 0 Å². The molecule has 6 heteroatoms. The normalized spacial score (nSPS) is 20.8. The number of sulfonamides is 1. The van der Waals surface area contributed by atoms with Gasteiger partial charge in [0.05, 0.1) is 5.75 Å². The van der Waals surface area contributed by atoms with Gasteiger partial charge < -0.3 is 4.90 Å². The summed E-state index contributed by atoms with van der Waals surface area (Å²) < 4.78 is 26.7. The number of halogens is 1. The first-order valence-electron chi connectivity index (χ1n) is 6.35. The molecule has 0 radical (unpaired) electrons. The van der Waals surface area contributed by atoms with Crippen molar-refractivity contribution in [2.24, 2.45) is 5.92 Å². The average Bonchev–Trinajstić information content (AvgIpc) is 2.76. The van der Waals surface area contributed by atoms with Crippen LogP contribution in [0.3, 0.4) is 0 Å². The zero-order valence-electron chi connectivity index (χ0n) is 11.0. The fraction of sp³-hybridized carbons (Fsp3) is 0.538. The van der Waals surface area contributed by atoms with Crippen molar-refractivity contribution in [1.29, 1.82) is 0 Å². The van der Waals surface area contributed by atoms with Gasteiger partial charge in [-0.3, -0.25) is 0 Å². The zero-order valence-corrected chi connectivity index (χ0v) is 12.5. The SMILES string of the molecule is CN1CCC(CNS(=O)(=O)Cc2ccccc2Cl)C1. The third-order valence-corrected chi connectivity index (χ3v) is 5.05. The molecule has 1 aromatic rings. The minimum Gasteiger partial charge on any atom is -0.306 e. The summed E-state index contributed by atoms with van der Waals surface area (Å²) >= 11 is 5.98. The van der Waals surface area contributed by atoms with Crippen LogP contribution in [0.4, 0.5) is 0 Å². The van der Waals surface area contributed by atoms with E-state index in [4.69, 9.17) is 11.6 Å². The van der Waals surface area contributed by atoms with Gasteiger partial charge in [0.25, 0.3) is 0 Å². The van der Waals surface area contributed by atoms with Crippen molar-refractivity contribution in [2.75, 3.05) is 26.7 Å². The van der Waals surface area contributed by atoms with E-state index in [9.17, 15) is 8.42 Å². The maximum absolute atomic E-state index is 12.0. The van der Waals surface area contributed by atoms with Gasteiger partial charge in [0.15, 0.2) is 0 Å². The summed E-state index contributed by atoms with van der Waals surface area (Å²) in [6.07, 6.45) is 1.05. The molecule has 0 aliphatic carbocycles. The molecule has 4 nitrogen and oxygen atoms in total. The van der Waals surface area contributed by atoms with E-state index in [1.165, 1.54) is 0 Å². The summed E-state index contributed by atoms with van der Waals surface area (Å²) in [5.41, 5.74) is 0.639. The molecule has 1 aliphatic rings. The van der Waals surface area contributed by atoms with Crippen LogP contribution in [0.5, 0.6) is 0 Å². The van der Waals surface area contributed by atoms with E-state index in [-0.39, 0.29) is 5.75 Å². The second-order valence-electron chi connectivity index (χ2n) is 5.12. The van der Waals surface area contributed by atoms with Crippen molar-refractivity contribution < 1.29 is 8.42 Å². The summed E-state index contributed by atoms with van der Waals surface area (Å²) in [7, 11) is -1.26. The minimum absolute atomic E-state index is 0.0603. The fourth-order valence-electron chi connectivity index (χ4n) is 2.31. The lowest BCUT2D eigenvalue weighted by Gasteiger charge is -2.12. The highest BCUT2D eigenvalue weighted by Crippen LogP contribution is 2.18. The zero-order chi connectivity index (χ0) is 13.9. The van der Waals surface area contributed by atoms with Crippen LogP contribution >= 0.6 is 11.6 Å². The first-order chi connectivity index (χ1) is 8.96. The third-order valence-electron chi connectivity index (χ3n) is 3.38. The first-order valence-corrected chi connectivity index (χ1v) is 8.38. The third kappa shape index (κ3) is 4.45. The van der Waals surface area contributed by atoms with Gasteiger partial charge in [-0.1, -0.05) is 29.8 Å². The van der Waals surface area contributed by atoms with E-state index in [0.717, 1.165) is 19.5 Å². The van der Waals surface area contributed by atoms with Crippen molar-refractivity contribution in [3.05, 3.63) is 34.9 Å². The molecule has 0 bridgehead atoms. The van der Waals surface area contributed by atoms with Gasteiger partial charge in [0.2, 0.25) is 10.0 Å². The highest BCUT2D eigenvalue weighted by molar-refractivity contribution is 7.88. The van der Waals surface area contributed by atoms with Gasteiger partial charge in [0.1, 0.15) is 0 Å². The molecular formula is C13H19ClN2O2S. The Kier molecular flexibility index (Phi) is 4.84. The van der Waals surface area contributed by atoms with E-state index in [1.54, 1.807) is 24.3 Å². The molecule has 1 N–H and O–H groups in total. The number of hydrogen-bond acceptors (Lipinski definition) is 3. The van der Waals surface area contributed by atoms with E-state index in [0.29, 0.717) is 23.0 Å². The second-order valence-corrected chi connectivity index (χ2v) is 7.33.